The summed E-state index contributed by atoms with van der Waals surface area (Å²) in [5.41, 5.74) is 3.43. The van der Waals surface area contributed by atoms with E-state index in [-0.39, 0.29) is 11.9 Å². The van der Waals surface area contributed by atoms with Crippen molar-refractivity contribution in [3.8, 4) is 11.5 Å². The molecule has 0 aromatic heterocycles. The Labute approximate surface area is 185 Å². The highest BCUT2D eigenvalue weighted by molar-refractivity contribution is 9.10. The van der Waals surface area contributed by atoms with E-state index in [4.69, 9.17) is 14.2 Å². The second-order valence-electron chi connectivity index (χ2n) is 7.68. The van der Waals surface area contributed by atoms with Gasteiger partial charge < -0.3 is 19.5 Å². The van der Waals surface area contributed by atoms with Crippen molar-refractivity contribution in [1.82, 2.24) is 5.32 Å². The first-order valence-corrected chi connectivity index (χ1v) is 11.0. The molecule has 7 heteroatoms. The summed E-state index contributed by atoms with van der Waals surface area (Å²) >= 11 is 3.65. The Morgan fingerprint density at radius 2 is 2.00 bits per heavy atom. The fraction of sp³-hybridized carbons (Fsp3) is 0.478. The molecular weight excluding hydrogens is 450 g/mol. The topological polar surface area (TPSA) is 73.9 Å². The van der Waals surface area contributed by atoms with Crippen LogP contribution >= 0.6 is 15.9 Å². The summed E-state index contributed by atoms with van der Waals surface area (Å²) in [5.74, 6) is 0.247. The van der Waals surface area contributed by atoms with Crippen LogP contribution < -0.4 is 14.8 Å². The van der Waals surface area contributed by atoms with Crippen LogP contribution in [0.5, 0.6) is 11.5 Å². The van der Waals surface area contributed by atoms with Crippen molar-refractivity contribution in [2.45, 2.75) is 59.0 Å². The van der Waals surface area contributed by atoms with Gasteiger partial charge in [-0.05, 0) is 58.2 Å². The number of carbonyl (C=O) groups excluding carboxylic acids is 2. The average Bonchev–Trinajstić information content (AvgIpc) is 2.68. The zero-order chi connectivity index (χ0) is 22.0. The van der Waals surface area contributed by atoms with Crippen LogP contribution in [-0.4, -0.2) is 31.6 Å². The van der Waals surface area contributed by atoms with E-state index in [0.717, 1.165) is 28.6 Å². The van der Waals surface area contributed by atoms with Crippen LogP contribution in [0.2, 0.25) is 0 Å². The fourth-order valence-corrected chi connectivity index (χ4v) is 4.61. The van der Waals surface area contributed by atoms with Gasteiger partial charge in [0.05, 0.1) is 25.4 Å². The van der Waals surface area contributed by atoms with Crippen molar-refractivity contribution in [3.63, 3.8) is 0 Å². The molecule has 0 fully saturated rings. The normalized spacial score (nSPS) is 18.9. The lowest BCUT2D eigenvalue weighted by atomic mass is 9.75. The number of hydrogen-bond donors (Lipinski definition) is 1. The van der Waals surface area contributed by atoms with E-state index in [9.17, 15) is 9.59 Å². The van der Waals surface area contributed by atoms with Gasteiger partial charge in [-0.1, -0.05) is 15.9 Å². The van der Waals surface area contributed by atoms with Gasteiger partial charge in [0.15, 0.2) is 17.3 Å². The molecule has 1 heterocycles. The highest BCUT2D eigenvalue weighted by atomic mass is 79.9. The number of benzene rings is 1. The van der Waals surface area contributed by atoms with Gasteiger partial charge in [0.1, 0.15) is 0 Å². The number of carbonyl (C=O) groups is 2. The first-order chi connectivity index (χ1) is 14.3. The van der Waals surface area contributed by atoms with Crippen LogP contribution in [-0.2, 0) is 14.3 Å². The van der Waals surface area contributed by atoms with E-state index < -0.39 is 11.9 Å². The summed E-state index contributed by atoms with van der Waals surface area (Å²) in [7, 11) is 1.35. The number of esters is 1. The molecule has 0 radical (unpaired) electrons. The average molecular weight is 478 g/mol. The first kappa shape index (κ1) is 22.4. The van der Waals surface area contributed by atoms with Crippen molar-refractivity contribution >= 4 is 27.7 Å². The number of halogens is 1. The molecule has 1 aromatic carbocycles. The predicted octanol–water partition coefficient (Wildman–Crippen LogP) is 4.78. The molecule has 30 heavy (non-hydrogen) atoms. The molecule has 6 nitrogen and oxygen atoms in total. The Balaban J connectivity index is 2.23. The summed E-state index contributed by atoms with van der Waals surface area (Å²) in [6.45, 7) is 8.11. The van der Waals surface area contributed by atoms with E-state index in [1.54, 1.807) is 0 Å². The summed E-state index contributed by atoms with van der Waals surface area (Å²) in [6.07, 6.45) is 2.01. The number of ketones is 1. The molecule has 1 aliphatic heterocycles. The van der Waals surface area contributed by atoms with E-state index >= 15 is 0 Å². The predicted molar refractivity (Wildman–Crippen MR) is 118 cm³/mol. The lowest BCUT2D eigenvalue weighted by Crippen LogP contribution is -2.34. The highest BCUT2D eigenvalue weighted by Crippen LogP contribution is 2.47. The van der Waals surface area contributed by atoms with Crippen molar-refractivity contribution in [3.05, 3.63) is 44.7 Å². The quantitative estimate of drug-likeness (QED) is 0.594. The maximum atomic E-state index is 13.0. The number of nitrogens with one attached hydrogen (secondary N) is 1. The van der Waals surface area contributed by atoms with Crippen LogP contribution in [0.15, 0.2) is 39.1 Å². The van der Waals surface area contributed by atoms with Crippen LogP contribution in [0.1, 0.15) is 58.4 Å². The number of allylic oxidation sites excluding steroid dienone is 3. The molecule has 162 valence electrons. The Morgan fingerprint density at radius 1 is 1.27 bits per heavy atom. The van der Waals surface area contributed by atoms with Gasteiger partial charge in [-0.15, -0.1) is 0 Å². The molecule has 0 unspecified atom stereocenters. The maximum absolute atomic E-state index is 13.0. The van der Waals surface area contributed by atoms with Crippen LogP contribution in [0.4, 0.5) is 0 Å². The Morgan fingerprint density at radius 3 is 2.63 bits per heavy atom. The Kier molecular flexibility index (Phi) is 6.91. The number of rotatable bonds is 6. The second kappa shape index (κ2) is 9.25. The summed E-state index contributed by atoms with van der Waals surface area (Å²) < 4.78 is 17.6. The molecule has 0 saturated heterocycles. The van der Waals surface area contributed by atoms with Gasteiger partial charge in [0.2, 0.25) is 0 Å². The van der Waals surface area contributed by atoms with Gasteiger partial charge in [-0.2, -0.15) is 0 Å². The van der Waals surface area contributed by atoms with E-state index in [1.807, 2.05) is 39.8 Å². The second-order valence-corrected chi connectivity index (χ2v) is 8.53. The standard InChI is InChI=1S/C23H28BrNO5/c1-6-29-18-10-14(15(24)11-19(18)30-12(2)3)21-20(23(27)28-5)13(4)25-16-8-7-9-17(26)22(16)21/h10-12,21,25H,6-9H2,1-5H3/t21-/m0/s1. The van der Waals surface area contributed by atoms with Crippen molar-refractivity contribution in [2.75, 3.05) is 13.7 Å². The number of ether oxygens (including phenoxy) is 3. The molecule has 0 saturated carbocycles. The molecule has 1 atom stereocenters. The van der Waals surface area contributed by atoms with Crippen LogP contribution in [0, 0.1) is 0 Å². The van der Waals surface area contributed by atoms with E-state index in [2.05, 4.69) is 21.2 Å². The van der Waals surface area contributed by atoms with Crippen molar-refractivity contribution in [1.29, 1.82) is 0 Å². The van der Waals surface area contributed by atoms with Crippen LogP contribution in [0.3, 0.4) is 0 Å². The summed E-state index contributed by atoms with van der Waals surface area (Å²) in [5, 5.41) is 3.28. The monoisotopic (exact) mass is 477 g/mol. The minimum atomic E-state index is -0.539. The molecular formula is C23H28BrNO5. The first-order valence-electron chi connectivity index (χ1n) is 10.2. The number of hydrogen-bond acceptors (Lipinski definition) is 6. The number of methoxy groups -OCH3 is 1. The zero-order valence-corrected chi connectivity index (χ0v) is 19.6. The van der Waals surface area contributed by atoms with Gasteiger partial charge in [-0.3, -0.25) is 4.79 Å². The molecule has 1 aromatic rings. The molecule has 0 amide bonds. The smallest absolute Gasteiger partial charge is 0.336 e. The van der Waals surface area contributed by atoms with Crippen molar-refractivity contribution < 1.29 is 23.8 Å². The molecule has 2 aliphatic rings. The summed E-state index contributed by atoms with van der Waals surface area (Å²) in [6, 6.07) is 3.71. The third kappa shape index (κ3) is 4.26. The lowest BCUT2D eigenvalue weighted by Gasteiger charge is -2.34. The Bertz CT molecular complexity index is 932. The SMILES string of the molecule is CCOc1cc([C@H]2C(C(=O)OC)=C(C)NC3=C2C(=O)CCC3)c(Br)cc1OC(C)C. The van der Waals surface area contributed by atoms with Gasteiger partial charge in [-0.25, -0.2) is 4.79 Å². The molecule has 1 N–H and O–H groups in total. The maximum Gasteiger partial charge on any atom is 0.336 e. The summed E-state index contributed by atoms with van der Waals surface area (Å²) in [4.78, 5) is 25.7. The lowest BCUT2D eigenvalue weighted by molar-refractivity contribution is -0.136. The van der Waals surface area contributed by atoms with Crippen molar-refractivity contribution in [2.24, 2.45) is 0 Å². The van der Waals surface area contributed by atoms with Crippen LogP contribution in [0.25, 0.3) is 0 Å². The largest absolute Gasteiger partial charge is 0.490 e. The minimum absolute atomic E-state index is 0.0251. The van der Waals surface area contributed by atoms with Gasteiger partial charge in [0.25, 0.3) is 0 Å². The molecule has 1 aliphatic carbocycles. The number of dihydropyridines is 1. The third-order valence-electron chi connectivity index (χ3n) is 5.22. The molecule has 0 spiro atoms. The van der Waals surface area contributed by atoms with E-state index in [0.29, 0.717) is 41.4 Å². The minimum Gasteiger partial charge on any atom is -0.490 e. The van der Waals surface area contributed by atoms with Gasteiger partial charge >= 0.3 is 5.97 Å². The molecule has 3 rings (SSSR count). The zero-order valence-electron chi connectivity index (χ0n) is 18.1. The van der Waals surface area contributed by atoms with Gasteiger partial charge in [0, 0.05) is 33.8 Å². The fourth-order valence-electron chi connectivity index (χ4n) is 4.06. The molecule has 0 bridgehead atoms. The third-order valence-corrected chi connectivity index (χ3v) is 5.90. The highest BCUT2D eigenvalue weighted by Gasteiger charge is 2.40. The number of Topliss-reactive ketones (excluding diaryl/α,β-unsaturated/α-hetero) is 1. The Hall–Kier alpha value is -2.28. The van der Waals surface area contributed by atoms with E-state index in [1.165, 1.54) is 7.11 Å².